The summed E-state index contributed by atoms with van der Waals surface area (Å²) in [6, 6.07) is 18.6. The number of nitrogens with zero attached hydrogens (tertiary/aromatic N) is 2. The maximum absolute atomic E-state index is 12.1. The molecule has 0 spiro atoms. The van der Waals surface area contributed by atoms with E-state index < -0.39 is 9.84 Å². The number of benzene rings is 2. The number of sulfone groups is 1. The normalized spacial score (nSPS) is 25.2. The van der Waals surface area contributed by atoms with Crippen molar-refractivity contribution in [3.05, 3.63) is 60.2 Å². The summed E-state index contributed by atoms with van der Waals surface area (Å²) in [6.45, 7) is 8.73. The Morgan fingerprint density at radius 1 is 0.938 bits per heavy atom. The molecule has 0 bridgehead atoms. The van der Waals surface area contributed by atoms with Crippen LogP contribution in [0.4, 0.5) is 5.69 Å². The van der Waals surface area contributed by atoms with Gasteiger partial charge in [-0.25, -0.2) is 8.42 Å². The fraction of sp³-hybridized carbons (Fsp3) is 0.556. The van der Waals surface area contributed by atoms with Crippen LogP contribution in [0, 0.1) is 17.8 Å². The van der Waals surface area contributed by atoms with Crippen molar-refractivity contribution in [3.63, 3.8) is 0 Å². The number of anilines is 1. The van der Waals surface area contributed by atoms with E-state index in [0.717, 1.165) is 43.1 Å². The summed E-state index contributed by atoms with van der Waals surface area (Å²) in [7, 11) is -3.21. The zero-order valence-corrected chi connectivity index (χ0v) is 20.6. The van der Waals surface area contributed by atoms with Crippen LogP contribution in [-0.2, 0) is 9.84 Å². The van der Waals surface area contributed by atoms with Crippen LogP contribution in [-0.4, -0.2) is 45.8 Å². The first-order valence-electron chi connectivity index (χ1n) is 12.2. The molecule has 1 saturated heterocycles. The molecule has 0 radical (unpaired) electrons. The maximum atomic E-state index is 12.1. The molecule has 1 atom stereocenters. The minimum atomic E-state index is -3.21. The fourth-order valence-corrected chi connectivity index (χ4v) is 6.21. The molecule has 5 heteroatoms. The number of hydrogen-bond acceptors (Lipinski definition) is 4. The average molecular weight is 455 g/mol. The van der Waals surface area contributed by atoms with Crippen LogP contribution in [0.1, 0.15) is 51.1 Å². The number of rotatable bonds is 6. The average Bonchev–Trinajstić information content (AvgIpc) is 2.80. The summed E-state index contributed by atoms with van der Waals surface area (Å²) >= 11 is 0. The second-order valence-electron chi connectivity index (χ2n) is 10.2. The molecular weight excluding hydrogens is 416 g/mol. The van der Waals surface area contributed by atoms with Gasteiger partial charge in [-0.15, -0.1) is 0 Å². The molecule has 4 nitrogen and oxygen atoms in total. The quantitative estimate of drug-likeness (QED) is 0.585. The van der Waals surface area contributed by atoms with E-state index in [1.54, 1.807) is 6.07 Å². The minimum absolute atomic E-state index is 0.328. The van der Waals surface area contributed by atoms with Crippen LogP contribution in [0.5, 0.6) is 0 Å². The molecule has 1 aliphatic heterocycles. The molecule has 1 aliphatic carbocycles. The van der Waals surface area contributed by atoms with Gasteiger partial charge >= 0.3 is 0 Å². The third-order valence-electron chi connectivity index (χ3n) is 7.61. The summed E-state index contributed by atoms with van der Waals surface area (Å²) in [5, 5.41) is 0. The molecule has 2 aliphatic rings. The third kappa shape index (κ3) is 5.55. The van der Waals surface area contributed by atoms with Gasteiger partial charge in [0, 0.05) is 38.1 Å². The second-order valence-corrected chi connectivity index (χ2v) is 12.2. The van der Waals surface area contributed by atoms with Crippen LogP contribution >= 0.6 is 0 Å². The lowest BCUT2D eigenvalue weighted by Crippen LogP contribution is -2.50. The minimum Gasteiger partial charge on any atom is -0.368 e. The largest absolute Gasteiger partial charge is 0.368 e. The van der Waals surface area contributed by atoms with Crippen LogP contribution in [0.2, 0.25) is 0 Å². The summed E-state index contributed by atoms with van der Waals surface area (Å²) in [6.07, 6.45) is 6.72. The van der Waals surface area contributed by atoms with Crippen molar-refractivity contribution in [2.75, 3.05) is 37.3 Å². The Morgan fingerprint density at radius 2 is 1.66 bits per heavy atom. The fourth-order valence-electron chi connectivity index (χ4n) is 5.54. The molecular formula is C27H38N2O2S. The Labute approximate surface area is 194 Å². The van der Waals surface area contributed by atoms with Gasteiger partial charge in [0.2, 0.25) is 0 Å². The topological polar surface area (TPSA) is 40.6 Å². The van der Waals surface area contributed by atoms with Gasteiger partial charge in [0.1, 0.15) is 0 Å². The van der Waals surface area contributed by atoms with Crippen LogP contribution in [0.25, 0.3) is 0 Å². The predicted octanol–water partition coefficient (Wildman–Crippen LogP) is 5.42. The van der Waals surface area contributed by atoms with Gasteiger partial charge in [-0.1, -0.05) is 50.2 Å². The number of hydrogen-bond donors (Lipinski definition) is 0. The maximum Gasteiger partial charge on any atom is 0.175 e. The molecule has 0 aromatic heterocycles. The monoisotopic (exact) mass is 454 g/mol. The van der Waals surface area contributed by atoms with Crippen molar-refractivity contribution in [2.24, 2.45) is 17.8 Å². The van der Waals surface area contributed by atoms with E-state index in [-0.39, 0.29) is 0 Å². The first-order chi connectivity index (χ1) is 15.3. The highest BCUT2D eigenvalue weighted by Crippen LogP contribution is 2.36. The second kappa shape index (κ2) is 9.96. The van der Waals surface area contributed by atoms with E-state index in [4.69, 9.17) is 0 Å². The van der Waals surface area contributed by atoms with Crippen molar-refractivity contribution in [1.82, 2.24) is 4.90 Å². The van der Waals surface area contributed by atoms with Crippen molar-refractivity contribution in [1.29, 1.82) is 0 Å². The smallest absolute Gasteiger partial charge is 0.175 e. The summed E-state index contributed by atoms with van der Waals surface area (Å²) < 4.78 is 24.1. The molecule has 32 heavy (non-hydrogen) atoms. The molecule has 0 amide bonds. The molecule has 0 N–H and O–H groups in total. The highest BCUT2D eigenvalue weighted by atomic mass is 32.2. The molecule has 2 fully saturated rings. The van der Waals surface area contributed by atoms with E-state index in [1.807, 2.05) is 18.2 Å². The highest BCUT2D eigenvalue weighted by molar-refractivity contribution is 7.90. The van der Waals surface area contributed by atoms with E-state index in [2.05, 4.69) is 54.0 Å². The van der Waals surface area contributed by atoms with Gasteiger partial charge in [0.05, 0.1) is 10.9 Å². The van der Waals surface area contributed by atoms with Gasteiger partial charge in [0.15, 0.2) is 9.84 Å². The van der Waals surface area contributed by atoms with Gasteiger partial charge < -0.3 is 4.90 Å². The lowest BCUT2D eigenvalue weighted by Gasteiger charge is -2.45. The molecule has 4 rings (SSSR count). The van der Waals surface area contributed by atoms with Crippen LogP contribution < -0.4 is 4.90 Å². The summed E-state index contributed by atoms with van der Waals surface area (Å²) in [5.41, 5.74) is 2.36. The zero-order chi connectivity index (χ0) is 22.7. The van der Waals surface area contributed by atoms with Crippen LogP contribution in [0.3, 0.4) is 0 Å². The Kier molecular flexibility index (Phi) is 7.26. The molecule has 1 heterocycles. The van der Waals surface area contributed by atoms with Gasteiger partial charge in [-0.2, -0.15) is 0 Å². The molecule has 1 saturated carbocycles. The van der Waals surface area contributed by atoms with E-state index >= 15 is 0 Å². The summed E-state index contributed by atoms with van der Waals surface area (Å²) in [4.78, 5) is 5.45. The van der Waals surface area contributed by atoms with E-state index in [1.165, 1.54) is 44.0 Å². The predicted molar refractivity (Wildman–Crippen MR) is 133 cm³/mol. The SMILES string of the molecule is CC(C)C1CCC(CN2CCN(c3cccc(S(C)(=O)=O)c3)CC2c2ccccc2)CC1. The Morgan fingerprint density at radius 3 is 2.31 bits per heavy atom. The lowest BCUT2D eigenvalue weighted by molar-refractivity contribution is 0.118. The standard InChI is InChI=1S/C27H38N2O2S/c1-21(2)23-14-12-22(13-15-23)19-29-17-16-28(20-27(29)24-8-5-4-6-9-24)25-10-7-11-26(18-25)32(3,30)31/h4-11,18,21-23,27H,12-17,19-20H2,1-3H3. The first kappa shape index (κ1) is 23.3. The van der Waals surface area contributed by atoms with Crippen molar-refractivity contribution >= 4 is 15.5 Å². The van der Waals surface area contributed by atoms with Crippen LogP contribution in [0.15, 0.2) is 59.5 Å². The zero-order valence-electron chi connectivity index (χ0n) is 19.8. The molecule has 2 aromatic rings. The van der Waals surface area contributed by atoms with Gasteiger partial charge in [0.25, 0.3) is 0 Å². The Balaban J connectivity index is 1.50. The van der Waals surface area contributed by atoms with Crippen molar-refractivity contribution < 1.29 is 8.42 Å². The van der Waals surface area contributed by atoms with Crippen molar-refractivity contribution in [3.8, 4) is 0 Å². The third-order valence-corrected chi connectivity index (χ3v) is 8.72. The Hall–Kier alpha value is -1.85. The van der Waals surface area contributed by atoms with E-state index in [0.29, 0.717) is 10.9 Å². The molecule has 1 unspecified atom stereocenters. The Bertz CT molecular complexity index is 982. The number of piperazine rings is 1. The highest BCUT2D eigenvalue weighted by Gasteiger charge is 2.32. The van der Waals surface area contributed by atoms with E-state index in [9.17, 15) is 8.42 Å². The molecule has 174 valence electrons. The first-order valence-corrected chi connectivity index (χ1v) is 14.0. The van der Waals surface area contributed by atoms with Gasteiger partial charge in [-0.3, -0.25) is 4.90 Å². The van der Waals surface area contributed by atoms with Gasteiger partial charge in [-0.05, 0) is 67.2 Å². The lowest BCUT2D eigenvalue weighted by atomic mass is 9.76. The molecule has 2 aromatic carbocycles. The summed E-state index contributed by atoms with van der Waals surface area (Å²) in [5.74, 6) is 2.49. The van der Waals surface area contributed by atoms with Crippen molar-refractivity contribution in [2.45, 2.75) is 50.5 Å².